The smallest absolute Gasteiger partial charge is 0.340 e. The average Bonchev–Trinajstić information content (AvgIpc) is 3.17. The van der Waals surface area contributed by atoms with Gasteiger partial charge in [0.05, 0.1) is 28.6 Å². The van der Waals surface area contributed by atoms with Gasteiger partial charge in [0.1, 0.15) is 0 Å². The van der Waals surface area contributed by atoms with Crippen LogP contribution in [-0.4, -0.2) is 46.6 Å². The number of amides is 1. The molecule has 0 atom stereocenters. The number of aryl methyl sites for hydroxylation is 1. The number of halogens is 1. The molecule has 8 heteroatoms. The Bertz CT molecular complexity index is 828. The van der Waals surface area contributed by atoms with E-state index in [4.69, 9.17) is 20.9 Å². The fourth-order valence-electron chi connectivity index (χ4n) is 3.24. The molecule has 1 saturated heterocycles. The number of pyridine rings is 1. The maximum Gasteiger partial charge on any atom is 0.340 e. The SMILES string of the molecule is CCOC(=O)c1cc(Cl)cnc1C1CCN(C(=O)c2cc(CC)no2)CC1. The van der Waals surface area contributed by atoms with Gasteiger partial charge in [-0.2, -0.15) is 0 Å². The van der Waals surface area contributed by atoms with Crippen LogP contribution in [0.25, 0.3) is 0 Å². The molecule has 1 amide bonds. The molecule has 1 fully saturated rings. The predicted octanol–water partition coefficient (Wildman–Crippen LogP) is 3.48. The lowest BCUT2D eigenvalue weighted by Gasteiger charge is -2.31. The van der Waals surface area contributed by atoms with E-state index in [1.165, 1.54) is 6.20 Å². The summed E-state index contributed by atoms with van der Waals surface area (Å²) >= 11 is 6.01. The van der Waals surface area contributed by atoms with E-state index in [0.717, 1.165) is 12.1 Å². The third-order valence-corrected chi connectivity index (χ3v) is 4.89. The van der Waals surface area contributed by atoms with Crippen molar-refractivity contribution < 1.29 is 18.8 Å². The molecular formula is C19H22ClN3O4. The molecule has 0 spiro atoms. The van der Waals surface area contributed by atoms with Gasteiger partial charge in [0.15, 0.2) is 0 Å². The molecule has 0 bridgehead atoms. The number of aromatic nitrogens is 2. The van der Waals surface area contributed by atoms with Crippen LogP contribution in [0.1, 0.15) is 64.9 Å². The molecule has 0 N–H and O–H groups in total. The minimum Gasteiger partial charge on any atom is -0.462 e. The zero-order valence-corrected chi connectivity index (χ0v) is 16.2. The Morgan fingerprint density at radius 1 is 1.30 bits per heavy atom. The Morgan fingerprint density at radius 3 is 2.67 bits per heavy atom. The molecule has 0 radical (unpaired) electrons. The zero-order chi connectivity index (χ0) is 19.4. The fraction of sp³-hybridized carbons (Fsp3) is 0.474. The topological polar surface area (TPSA) is 85.5 Å². The summed E-state index contributed by atoms with van der Waals surface area (Å²) in [4.78, 5) is 30.9. The van der Waals surface area contributed by atoms with Crippen molar-refractivity contribution in [3.63, 3.8) is 0 Å². The van der Waals surface area contributed by atoms with Gasteiger partial charge in [-0.15, -0.1) is 0 Å². The monoisotopic (exact) mass is 391 g/mol. The fourth-order valence-corrected chi connectivity index (χ4v) is 3.40. The summed E-state index contributed by atoms with van der Waals surface area (Å²) in [5.41, 5.74) is 1.84. The van der Waals surface area contributed by atoms with Gasteiger partial charge in [-0.25, -0.2) is 4.79 Å². The molecule has 0 aromatic carbocycles. The number of piperidine rings is 1. The summed E-state index contributed by atoms with van der Waals surface area (Å²) < 4.78 is 10.3. The summed E-state index contributed by atoms with van der Waals surface area (Å²) in [6, 6.07) is 3.29. The van der Waals surface area contributed by atoms with Crippen molar-refractivity contribution in [3.8, 4) is 0 Å². The number of likely N-dealkylation sites (tertiary alicyclic amines) is 1. The van der Waals surface area contributed by atoms with Crippen molar-refractivity contribution in [2.75, 3.05) is 19.7 Å². The maximum absolute atomic E-state index is 12.6. The lowest BCUT2D eigenvalue weighted by atomic mass is 9.90. The van der Waals surface area contributed by atoms with Gasteiger partial charge < -0.3 is 14.2 Å². The Labute approximate surface area is 162 Å². The average molecular weight is 392 g/mol. The Morgan fingerprint density at radius 2 is 2.04 bits per heavy atom. The largest absolute Gasteiger partial charge is 0.462 e. The van der Waals surface area contributed by atoms with E-state index in [1.54, 1.807) is 24.0 Å². The van der Waals surface area contributed by atoms with Crippen molar-refractivity contribution in [2.24, 2.45) is 0 Å². The first-order valence-electron chi connectivity index (χ1n) is 9.10. The minimum atomic E-state index is -0.422. The Balaban J connectivity index is 1.70. The van der Waals surface area contributed by atoms with E-state index in [2.05, 4.69) is 10.1 Å². The van der Waals surface area contributed by atoms with Crippen LogP contribution in [-0.2, 0) is 11.2 Å². The normalized spacial score (nSPS) is 15.0. The first-order chi connectivity index (χ1) is 13.0. The molecule has 2 aromatic rings. The van der Waals surface area contributed by atoms with Crippen molar-refractivity contribution in [1.29, 1.82) is 0 Å². The Kier molecular flexibility index (Phi) is 6.11. The zero-order valence-electron chi connectivity index (χ0n) is 15.4. The standard InChI is InChI=1S/C19H22ClN3O4/c1-3-14-10-16(27-22-14)18(24)23-7-5-12(6-8-23)17-15(19(25)26-4-2)9-13(20)11-21-17/h9-12H,3-8H2,1-2H3. The van der Waals surface area contributed by atoms with E-state index < -0.39 is 5.97 Å². The molecular weight excluding hydrogens is 370 g/mol. The van der Waals surface area contributed by atoms with E-state index in [0.29, 0.717) is 42.2 Å². The second-order valence-corrected chi connectivity index (χ2v) is 6.85. The van der Waals surface area contributed by atoms with Gasteiger partial charge in [-0.05, 0) is 32.3 Å². The highest BCUT2D eigenvalue weighted by Gasteiger charge is 2.30. The molecule has 7 nitrogen and oxygen atoms in total. The molecule has 0 unspecified atom stereocenters. The van der Waals surface area contributed by atoms with Crippen molar-refractivity contribution in [2.45, 2.75) is 39.0 Å². The quantitative estimate of drug-likeness (QED) is 0.725. The number of carbonyl (C=O) groups excluding carboxylic acids is 2. The highest BCUT2D eigenvalue weighted by Crippen LogP contribution is 2.31. The highest BCUT2D eigenvalue weighted by atomic mass is 35.5. The van der Waals surface area contributed by atoms with Crippen LogP contribution in [0.15, 0.2) is 22.9 Å². The summed E-state index contributed by atoms with van der Waals surface area (Å²) in [7, 11) is 0. The number of hydrogen-bond donors (Lipinski definition) is 0. The molecule has 144 valence electrons. The van der Waals surface area contributed by atoms with E-state index in [9.17, 15) is 9.59 Å². The number of esters is 1. The first-order valence-corrected chi connectivity index (χ1v) is 9.48. The first kappa shape index (κ1) is 19.4. The van der Waals surface area contributed by atoms with Crippen LogP contribution in [0.3, 0.4) is 0 Å². The third kappa shape index (κ3) is 4.30. The number of rotatable bonds is 5. The van der Waals surface area contributed by atoms with E-state index in [1.807, 2.05) is 6.92 Å². The molecule has 27 heavy (non-hydrogen) atoms. The van der Waals surface area contributed by atoms with E-state index >= 15 is 0 Å². The second-order valence-electron chi connectivity index (χ2n) is 6.41. The van der Waals surface area contributed by atoms with Crippen LogP contribution < -0.4 is 0 Å². The van der Waals surface area contributed by atoms with Crippen LogP contribution in [0.2, 0.25) is 5.02 Å². The van der Waals surface area contributed by atoms with E-state index in [-0.39, 0.29) is 24.2 Å². The molecule has 0 saturated carbocycles. The summed E-state index contributed by atoms with van der Waals surface area (Å²) in [6.45, 7) is 5.11. The van der Waals surface area contributed by atoms with Crippen LogP contribution >= 0.6 is 11.6 Å². The molecule has 1 aliphatic heterocycles. The maximum atomic E-state index is 12.6. The summed E-state index contributed by atoms with van der Waals surface area (Å²) in [5.74, 6) is -0.251. The van der Waals surface area contributed by atoms with Crippen LogP contribution in [0, 0.1) is 0 Å². The van der Waals surface area contributed by atoms with Crippen LogP contribution in [0.5, 0.6) is 0 Å². The molecule has 3 rings (SSSR count). The van der Waals surface area contributed by atoms with Crippen molar-refractivity contribution in [1.82, 2.24) is 15.0 Å². The Hall–Kier alpha value is -2.41. The summed E-state index contributed by atoms with van der Waals surface area (Å²) in [5, 5.41) is 4.27. The predicted molar refractivity (Wildman–Crippen MR) is 99.0 cm³/mol. The van der Waals surface area contributed by atoms with Crippen molar-refractivity contribution in [3.05, 3.63) is 46.1 Å². The number of ether oxygens (including phenoxy) is 1. The lowest BCUT2D eigenvalue weighted by Crippen LogP contribution is -2.38. The van der Waals surface area contributed by atoms with Gasteiger partial charge >= 0.3 is 5.97 Å². The number of nitrogens with zero attached hydrogens (tertiary/aromatic N) is 3. The van der Waals surface area contributed by atoms with Gasteiger partial charge in [0.25, 0.3) is 5.91 Å². The molecule has 0 aliphatic carbocycles. The lowest BCUT2D eigenvalue weighted by molar-refractivity contribution is 0.0520. The molecule has 2 aromatic heterocycles. The van der Waals surface area contributed by atoms with Crippen LogP contribution in [0.4, 0.5) is 0 Å². The minimum absolute atomic E-state index is 0.0617. The van der Waals surface area contributed by atoms with Gasteiger partial charge in [0, 0.05) is 31.3 Å². The highest BCUT2D eigenvalue weighted by molar-refractivity contribution is 6.30. The molecule has 1 aliphatic rings. The second kappa shape index (κ2) is 8.52. The van der Waals surface area contributed by atoms with Gasteiger partial charge in [-0.1, -0.05) is 23.7 Å². The third-order valence-electron chi connectivity index (χ3n) is 4.68. The van der Waals surface area contributed by atoms with Gasteiger partial charge in [0.2, 0.25) is 5.76 Å². The summed E-state index contributed by atoms with van der Waals surface area (Å²) in [6.07, 6.45) is 3.65. The number of hydrogen-bond acceptors (Lipinski definition) is 6. The number of carbonyl (C=O) groups is 2. The van der Waals surface area contributed by atoms with Crippen molar-refractivity contribution >= 4 is 23.5 Å². The molecule has 3 heterocycles. The van der Waals surface area contributed by atoms with Gasteiger partial charge in [-0.3, -0.25) is 9.78 Å².